The molecule has 4 nitrogen and oxygen atoms in total. The largest absolute Gasteiger partial charge is 0.480 e. The molecule has 0 heterocycles. The van der Waals surface area contributed by atoms with Gasteiger partial charge >= 0.3 is 5.97 Å². The standard InChI is InChI=1S/C14H16ClNO3/c1-16(9-10-4-2-5-11(15)8-10)12(17)14(13(18)19)6-3-7-14/h2,4-5,8H,3,6-7,9H2,1H3,(H,18,19). The summed E-state index contributed by atoms with van der Waals surface area (Å²) in [5.74, 6) is -1.33. The van der Waals surface area contributed by atoms with Gasteiger partial charge in [-0.3, -0.25) is 9.59 Å². The van der Waals surface area contributed by atoms with Crippen molar-refractivity contribution in [3.63, 3.8) is 0 Å². The van der Waals surface area contributed by atoms with E-state index in [2.05, 4.69) is 0 Å². The molecule has 2 rings (SSSR count). The third kappa shape index (κ3) is 2.59. The van der Waals surface area contributed by atoms with Crippen molar-refractivity contribution >= 4 is 23.5 Å². The molecule has 0 bridgehead atoms. The Morgan fingerprint density at radius 1 is 1.42 bits per heavy atom. The van der Waals surface area contributed by atoms with Crippen LogP contribution in [0.15, 0.2) is 24.3 Å². The van der Waals surface area contributed by atoms with Gasteiger partial charge in [0.2, 0.25) is 5.91 Å². The van der Waals surface area contributed by atoms with Gasteiger partial charge in [0.05, 0.1) is 0 Å². The number of carboxylic acids is 1. The highest BCUT2D eigenvalue weighted by atomic mass is 35.5. The van der Waals surface area contributed by atoms with E-state index in [1.54, 1.807) is 19.2 Å². The minimum absolute atomic E-state index is 0.314. The lowest BCUT2D eigenvalue weighted by Crippen LogP contribution is -2.51. The van der Waals surface area contributed by atoms with Crippen molar-refractivity contribution in [3.05, 3.63) is 34.9 Å². The molecule has 0 aliphatic heterocycles. The first kappa shape index (κ1) is 13.9. The average Bonchev–Trinajstić information content (AvgIpc) is 2.26. The van der Waals surface area contributed by atoms with E-state index in [9.17, 15) is 14.7 Å². The summed E-state index contributed by atoms with van der Waals surface area (Å²) in [6.45, 7) is 0.369. The molecule has 1 aliphatic rings. The molecular formula is C14H16ClNO3. The average molecular weight is 282 g/mol. The van der Waals surface area contributed by atoms with Gasteiger partial charge < -0.3 is 10.0 Å². The van der Waals surface area contributed by atoms with Crippen LogP contribution in [0.3, 0.4) is 0 Å². The van der Waals surface area contributed by atoms with E-state index < -0.39 is 11.4 Å². The topological polar surface area (TPSA) is 57.6 Å². The summed E-state index contributed by atoms with van der Waals surface area (Å²) in [6, 6.07) is 7.22. The molecule has 1 aromatic carbocycles. The van der Waals surface area contributed by atoms with Crippen LogP contribution >= 0.6 is 11.6 Å². The zero-order valence-electron chi connectivity index (χ0n) is 10.7. The molecule has 0 aromatic heterocycles. The van der Waals surface area contributed by atoms with E-state index >= 15 is 0 Å². The summed E-state index contributed by atoms with van der Waals surface area (Å²) in [4.78, 5) is 25.0. The van der Waals surface area contributed by atoms with Crippen LogP contribution in [0.4, 0.5) is 0 Å². The Kier molecular flexibility index (Phi) is 3.80. The second-order valence-electron chi connectivity index (χ2n) is 5.03. The van der Waals surface area contributed by atoms with Gasteiger partial charge in [-0.25, -0.2) is 0 Å². The quantitative estimate of drug-likeness (QED) is 0.863. The van der Waals surface area contributed by atoms with Crippen LogP contribution in [0.2, 0.25) is 5.02 Å². The third-order valence-corrected chi connectivity index (χ3v) is 3.92. The number of carboxylic acid groups (broad SMARTS) is 1. The zero-order chi connectivity index (χ0) is 14.0. The molecule has 1 amide bonds. The zero-order valence-corrected chi connectivity index (χ0v) is 11.5. The van der Waals surface area contributed by atoms with Crippen molar-refractivity contribution in [2.75, 3.05) is 7.05 Å². The van der Waals surface area contributed by atoms with Crippen LogP contribution < -0.4 is 0 Å². The van der Waals surface area contributed by atoms with Crippen molar-refractivity contribution in [3.8, 4) is 0 Å². The van der Waals surface area contributed by atoms with Crippen molar-refractivity contribution in [2.45, 2.75) is 25.8 Å². The normalized spacial score (nSPS) is 16.5. The molecular weight excluding hydrogens is 266 g/mol. The number of hydrogen-bond acceptors (Lipinski definition) is 2. The number of carbonyl (C=O) groups excluding carboxylic acids is 1. The Hall–Kier alpha value is -1.55. The van der Waals surface area contributed by atoms with E-state index in [1.807, 2.05) is 12.1 Å². The van der Waals surface area contributed by atoms with Gasteiger partial charge in [-0.05, 0) is 30.5 Å². The van der Waals surface area contributed by atoms with E-state index in [1.165, 1.54) is 4.90 Å². The van der Waals surface area contributed by atoms with Gasteiger partial charge in [0, 0.05) is 18.6 Å². The Balaban J connectivity index is 2.09. The van der Waals surface area contributed by atoms with Crippen LogP contribution in [-0.4, -0.2) is 28.9 Å². The molecule has 1 fully saturated rings. The molecule has 1 saturated carbocycles. The maximum Gasteiger partial charge on any atom is 0.319 e. The summed E-state index contributed by atoms with van der Waals surface area (Å²) in [5.41, 5.74) is -0.309. The molecule has 1 aliphatic carbocycles. The van der Waals surface area contributed by atoms with Crippen LogP contribution in [0.5, 0.6) is 0 Å². The molecule has 0 saturated heterocycles. The lowest BCUT2D eigenvalue weighted by molar-refractivity contribution is -0.167. The lowest BCUT2D eigenvalue weighted by Gasteiger charge is -2.38. The lowest BCUT2D eigenvalue weighted by atomic mass is 9.68. The highest BCUT2D eigenvalue weighted by molar-refractivity contribution is 6.30. The molecule has 0 unspecified atom stereocenters. The number of hydrogen-bond donors (Lipinski definition) is 1. The number of benzene rings is 1. The van der Waals surface area contributed by atoms with Gasteiger partial charge in [0.25, 0.3) is 0 Å². The van der Waals surface area contributed by atoms with Gasteiger partial charge in [0.15, 0.2) is 0 Å². The van der Waals surface area contributed by atoms with Gasteiger partial charge in [-0.2, -0.15) is 0 Å². The van der Waals surface area contributed by atoms with Gasteiger partial charge in [0.1, 0.15) is 5.41 Å². The van der Waals surface area contributed by atoms with E-state index in [-0.39, 0.29) is 5.91 Å². The van der Waals surface area contributed by atoms with Gasteiger partial charge in [-0.1, -0.05) is 30.2 Å². The van der Waals surface area contributed by atoms with Crippen LogP contribution in [0.25, 0.3) is 0 Å². The first-order chi connectivity index (χ1) is 8.95. The highest BCUT2D eigenvalue weighted by Crippen LogP contribution is 2.42. The highest BCUT2D eigenvalue weighted by Gasteiger charge is 2.52. The summed E-state index contributed by atoms with van der Waals surface area (Å²) in [6.07, 6.45) is 1.66. The number of carbonyl (C=O) groups is 2. The minimum atomic E-state index is -1.20. The first-order valence-corrected chi connectivity index (χ1v) is 6.57. The maximum atomic E-state index is 12.3. The fourth-order valence-electron chi connectivity index (χ4n) is 2.40. The Morgan fingerprint density at radius 2 is 2.11 bits per heavy atom. The molecule has 1 N–H and O–H groups in total. The van der Waals surface area contributed by atoms with E-state index in [0.717, 1.165) is 12.0 Å². The van der Waals surface area contributed by atoms with Crippen molar-refractivity contribution in [1.82, 2.24) is 4.90 Å². The van der Waals surface area contributed by atoms with Crippen molar-refractivity contribution in [1.29, 1.82) is 0 Å². The first-order valence-electron chi connectivity index (χ1n) is 6.19. The maximum absolute atomic E-state index is 12.3. The molecule has 1 aromatic rings. The minimum Gasteiger partial charge on any atom is -0.480 e. The van der Waals surface area contributed by atoms with Crippen molar-refractivity contribution < 1.29 is 14.7 Å². The molecule has 0 radical (unpaired) electrons. The fourth-order valence-corrected chi connectivity index (χ4v) is 2.61. The van der Waals surface area contributed by atoms with Crippen LogP contribution in [0, 0.1) is 5.41 Å². The Morgan fingerprint density at radius 3 is 2.58 bits per heavy atom. The third-order valence-electron chi connectivity index (χ3n) is 3.68. The number of amides is 1. The van der Waals surface area contributed by atoms with Crippen LogP contribution in [-0.2, 0) is 16.1 Å². The van der Waals surface area contributed by atoms with Crippen LogP contribution in [0.1, 0.15) is 24.8 Å². The summed E-state index contributed by atoms with van der Waals surface area (Å²) < 4.78 is 0. The summed E-state index contributed by atoms with van der Waals surface area (Å²) in [5, 5.41) is 9.85. The molecule has 19 heavy (non-hydrogen) atoms. The summed E-state index contributed by atoms with van der Waals surface area (Å²) in [7, 11) is 1.63. The molecule has 0 spiro atoms. The fraction of sp³-hybridized carbons (Fsp3) is 0.429. The number of rotatable bonds is 4. The van der Waals surface area contributed by atoms with Gasteiger partial charge in [-0.15, -0.1) is 0 Å². The molecule has 0 atom stereocenters. The SMILES string of the molecule is CN(Cc1cccc(Cl)c1)C(=O)C1(C(=O)O)CCC1. The summed E-state index contributed by atoms with van der Waals surface area (Å²) >= 11 is 5.89. The Labute approximate surface area is 117 Å². The van der Waals surface area contributed by atoms with E-state index in [0.29, 0.717) is 24.4 Å². The second kappa shape index (κ2) is 5.21. The predicted molar refractivity (Wildman–Crippen MR) is 71.8 cm³/mol. The molecule has 102 valence electrons. The number of aliphatic carboxylic acids is 1. The second-order valence-corrected chi connectivity index (χ2v) is 5.47. The van der Waals surface area contributed by atoms with E-state index in [4.69, 9.17) is 11.6 Å². The van der Waals surface area contributed by atoms with Crippen molar-refractivity contribution in [2.24, 2.45) is 5.41 Å². The molecule has 5 heteroatoms. The monoisotopic (exact) mass is 281 g/mol. The number of nitrogens with zero attached hydrogens (tertiary/aromatic N) is 1. The smallest absolute Gasteiger partial charge is 0.319 e. The predicted octanol–water partition coefficient (Wildman–Crippen LogP) is 2.55. The number of halogens is 1. The Bertz CT molecular complexity index is 511.